The number of urea groups is 1. The summed E-state index contributed by atoms with van der Waals surface area (Å²) in [6.45, 7) is 4.39. The molecule has 1 atom stereocenters. The largest absolute Gasteiger partial charge is 0.396 e. The molecule has 0 fully saturated rings. The van der Waals surface area contributed by atoms with Crippen LogP contribution in [0.4, 0.5) is 16.2 Å². The van der Waals surface area contributed by atoms with Crippen LogP contribution in [0.25, 0.3) is 0 Å². The van der Waals surface area contributed by atoms with Gasteiger partial charge < -0.3 is 20.6 Å². The SMILES string of the molecule is CC(C)(CO)[C@H](NC(=O)Nc1cccc(C(=O)N2CCc3ccccc32)c1)c1cccs1. The highest BCUT2D eigenvalue weighted by molar-refractivity contribution is 7.10. The van der Waals surface area contributed by atoms with Gasteiger partial charge in [-0.3, -0.25) is 4.79 Å². The van der Waals surface area contributed by atoms with Gasteiger partial charge in [0.2, 0.25) is 0 Å². The van der Waals surface area contributed by atoms with Gasteiger partial charge in [-0.15, -0.1) is 11.3 Å². The number of rotatable bonds is 6. The number of carbonyl (C=O) groups excluding carboxylic acids is 2. The predicted molar refractivity (Wildman–Crippen MR) is 128 cm³/mol. The van der Waals surface area contributed by atoms with Crippen LogP contribution in [0.1, 0.15) is 40.7 Å². The number of nitrogens with one attached hydrogen (secondary N) is 2. The van der Waals surface area contributed by atoms with Crippen LogP contribution in [-0.4, -0.2) is 30.2 Å². The first-order valence-electron chi connectivity index (χ1n) is 10.6. The summed E-state index contributed by atoms with van der Waals surface area (Å²) in [5.74, 6) is -0.0862. The average molecular weight is 450 g/mol. The topological polar surface area (TPSA) is 81.7 Å². The van der Waals surface area contributed by atoms with E-state index >= 15 is 0 Å². The highest BCUT2D eigenvalue weighted by atomic mass is 32.1. The fourth-order valence-electron chi connectivity index (χ4n) is 3.93. The lowest BCUT2D eigenvalue weighted by Crippen LogP contribution is -2.41. The van der Waals surface area contributed by atoms with Gasteiger partial charge in [0.15, 0.2) is 0 Å². The van der Waals surface area contributed by atoms with Crippen molar-refractivity contribution in [2.24, 2.45) is 5.41 Å². The molecule has 3 aromatic rings. The second-order valence-electron chi connectivity index (χ2n) is 8.61. The van der Waals surface area contributed by atoms with Crippen LogP contribution in [0.2, 0.25) is 0 Å². The number of amides is 3. The molecule has 0 bridgehead atoms. The van der Waals surface area contributed by atoms with Crippen molar-refractivity contribution in [3.05, 3.63) is 82.0 Å². The van der Waals surface area contributed by atoms with Crippen molar-refractivity contribution in [3.8, 4) is 0 Å². The number of nitrogens with zero attached hydrogens (tertiary/aromatic N) is 1. The quantitative estimate of drug-likeness (QED) is 0.504. The third-order valence-electron chi connectivity index (χ3n) is 5.79. The van der Waals surface area contributed by atoms with E-state index in [4.69, 9.17) is 0 Å². The molecule has 1 aliphatic heterocycles. The Morgan fingerprint density at radius 1 is 1.12 bits per heavy atom. The van der Waals surface area contributed by atoms with E-state index in [1.54, 1.807) is 29.2 Å². The lowest BCUT2D eigenvalue weighted by Gasteiger charge is -2.32. The number of aliphatic hydroxyl groups is 1. The standard InChI is InChI=1S/C25H27N3O3S/c1-25(2,16-29)22(21-11-6-14-32-21)27-24(31)26-19-9-5-8-18(15-19)23(30)28-13-12-17-7-3-4-10-20(17)28/h3-11,14-15,22,29H,12-13,16H2,1-2H3,(H2,26,27,31)/t22-/m1/s1. The summed E-state index contributed by atoms with van der Waals surface area (Å²) in [6.07, 6.45) is 0.840. The minimum absolute atomic E-state index is 0.0723. The van der Waals surface area contributed by atoms with Crippen LogP contribution in [0.15, 0.2) is 66.0 Å². The molecular formula is C25H27N3O3S. The Morgan fingerprint density at radius 3 is 2.69 bits per heavy atom. The Hall–Kier alpha value is -3.16. The number of anilines is 2. The van der Waals surface area contributed by atoms with Crippen LogP contribution in [-0.2, 0) is 6.42 Å². The van der Waals surface area contributed by atoms with Crippen molar-refractivity contribution >= 4 is 34.6 Å². The molecule has 0 saturated carbocycles. The number of benzene rings is 2. The Bertz CT molecular complexity index is 1110. The van der Waals surface area contributed by atoms with Crippen molar-refractivity contribution in [1.82, 2.24) is 5.32 Å². The van der Waals surface area contributed by atoms with Gasteiger partial charge in [0.1, 0.15) is 0 Å². The van der Waals surface area contributed by atoms with Gasteiger partial charge in [0.05, 0.1) is 12.6 Å². The van der Waals surface area contributed by atoms with Crippen LogP contribution in [0, 0.1) is 5.41 Å². The van der Waals surface area contributed by atoms with Gasteiger partial charge >= 0.3 is 6.03 Å². The van der Waals surface area contributed by atoms with Gasteiger partial charge in [-0.1, -0.05) is 44.2 Å². The molecule has 2 aromatic carbocycles. The van der Waals surface area contributed by atoms with Crippen LogP contribution in [0.5, 0.6) is 0 Å². The Labute approximate surface area is 191 Å². The number of para-hydroxylation sites is 1. The van der Waals surface area contributed by atoms with Gasteiger partial charge in [0, 0.05) is 33.8 Å². The van der Waals surface area contributed by atoms with E-state index in [1.165, 1.54) is 16.9 Å². The zero-order chi connectivity index (χ0) is 22.7. The molecule has 7 heteroatoms. The van der Waals surface area contributed by atoms with Crippen molar-refractivity contribution in [2.45, 2.75) is 26.3 Å². The number of fused-ring (bicyclic) bond motifs is 1. The number of thiophene rings is 1. The fraction of sp³-hybridized carbons (Fsp3) is 0.280. The van der Waals surface area contributed by atoms with E-state index in [-0.39, 0.29) is 24.6 Å². The first kappa shape index (κ1) is 22.0. The molecule has 0 spiro atoms. The average Bonchev–Trinajstić information content (AvgIpc) is 3.47. The van der Waals surface area contributed by atoms with Gasteiger partial charge in [-0.2, -0.15) is 0 Å². The summed E-state index contributed by atoms with van der Waals surface area (Å²) < 4.78 is 0. The summed E-state index contributed by atoms with van der Waals surface area (Å²) in [5, 5.41) is 17.6. The zero-order valence-corrected chi connectivity index (χ0v) is 19.0. The number of hydrogen-bond acceptors (Lipinski definition) is 4. The smallest absolute Gasteiger partial charge is 0.319 e. The molecule has 3 N–H and O–H groups in total. The van der Waals surface area contributed by atoms with E-state index in [9.17, 15) is 14.7 Å². The maximum absolute atomic E-state index is 13.1. The molecule has 4 rings (SSSR count). The molecule has 1 aliphatic rings. The van der Waals surface area contributed by atoms with E-state index < -0.39 is 5.41 Å². The molecule has 1 aromatic heterocycles. The Morgan fingerprint density at radius 2 is 1.94 bits per heavy atom. The molecule has 32 heavy (non-hydrogen) atoms. The summed E-state index contributed by atoms with van der Waals surface area (Å²) in [5.41, 5.74) is 2.63. The first-order valence-corrected chi connectivity index (χ1v) is 11.5. The van der Waals surface area contributed by atoms with Gasteiger partial charge in [0.25, 0.3) is 5.91 Å². The van der Waals surface area contributed by atoms with Gasteiger partial charge in [-0.25, -0.2) is 4.79 Å². The number of hydrogen-bond donors (Lipinski definition) is 3. The summed E-state index contributed by atoms with van der Waals surface area (Å²) >= 11 is 1.53. The van der Waals surface area contributed by atoms with Crippen molar-refractivity contribution in [1.29, 1.82) is 0 Å². The van der Waals surface area contributed by atoms with Crippen molar-refractivity contribution in [2.75, 3.05) is 23.4 Å². The van der Waals surface area contributed by atoms with Crippen LogP contribution in [0.3, 0.4) is 0 Å². The van der Waals surface area contributed by atoms with E-state index in [0.29, 0.717) is 17.8 Å². The van der Waals surface area contributed by atoms with Crippen LogP contribution >= 0.6 is 11.3 Å². The maximum Gasteiger partial charge on any atom is 0.319 e. The Kier molecular flexibility index (Phi) is 6.30. The molecule has 0 saturated heterocycles. The van der Waals surface area contributed by atoms with E-state index in [1.807, 2.05) is 55.6 Å². The summed E-state index contributed by atoms with van der Waals surface area (Å²) in [4.78, 5) is 28.7. The number of carbonyl (C=O) groups is 2. The molecule has 6 nitrogen and oxygen atoms in total. The van der Waals surface area contributed by atoms with E-state index in [2.05, 4.69) is 10.6 Å². The Balaban J connectivity index is 1.48. The van der Waals surface area contributed by atoms with Crippen molar-refractivity contribution < 1.29 is 14.7 Å². The molecule has 3 amide bonds. The molecular weight excluding hydrogens is 422 g/mol. The van der Waals surface area contributed by atoms with Gasteiger partial charge in [-0.05, 0) is 47.7 Å². The predicted octanol–water partition coefficient (Wildman–Crippen LogP) is 4.83. The second kappa shape index (κ2) is 9.14. The molecule has 166 valence electrons. The number of aliphatic hydroxyl groups excluding tert-OH is 1. The highest BCUT2D eigenvalue weighted by Crippen LogP contribution is 2.35. The third-order valence-corrected chi connectivity index (χ3v) is 6.73. The normalized spacial score (nSPS) is 14.0. The lowest BCUT2D eigenvalue weighted by molar-refractivity contribution is 0.0989. The molecule has 0 aliphatic carbocycles. The summed E-state index contributed by atoms with van der Waals surface area (Å²) in [6, 6.07) is 18.0. The minimum atomic E-state index is -0.539. The van der Waals surface area contributed by atoms with Crippen LogP contribution < -0.4 is 15.5 Å². The lowest BCUT2D eigenvalue weighted by atomic mass is 9.84. The first-order chi connectivity index (χ1) is 15.4. The molecule has 0 radical (unpaired) electrons. The summed E-state index contributed by atoms with van der Waals surface area (Å²) in [7, 11) is 0. The fourth-order valence-corrected chi connectivity index (χ4v) is 4.92. The minimum Gasteiger partial charge on any atom is -0.396 e. The monoisotopic (exact) mass is 449 g/mol. The maximum atomic E-state index is 13.1. The highest BCUT2D eigenvalue weighted by Gasteiger charge is 2.32. The second-order valence-corrected chi connectivity index (χ2v) is 9.59. The molecule has 2 heterocycles. The third kappa shape index (κ3) is 4.54. The zero-order valence-electron chi connectivity index (χ0n) is 18.2. The molecule has 0 unspecified atom stereocenters. The van der Waals surface area contributed by atoms with E-state index in [0.717, 1.165) is 17.0 Å². The van der Waals surface area contributed by atoms with Crippen molar-refractivity contribution in [3.63, 3.8) is 0 Å².